The van der Waals surface area contributed by atoms with Crippen LogP contribution in [0.5, 0.6) is 0 Å². The zero-order chi connectivity index (χ0) is 9.97. The topological polar surface area (TPSA) is 41.6 Å². The van der Waals surface area contributed by atoms with Crippen LogP contribution in [-0.2, 0) is 0 Å². The Balaban J connectivity index is 2.50. The first kappa shape index (κ1) is 8.52. The van der Waals surface area contributed by atoms with E-state index in [1.54, 1.807) is 17.1 Å². The van der Waals surface area contributed by atoms with Crippen LogP contribution in [0.2, 0.25) is 0 Å². The highest BCUT2D eigenvalue weighted by Gasteiger charge is 2.01. The minimum Gasteiger partial charge on any atom is -0.290 e. The Bertz CT molecular complexity index is 474. The van der Waals surface area contributed by atoms with E-state index in [4.69, 9.17) is 5.26 Å². The van der Waals surface area contributed by atoms with Crippen LogP contribution in [0.15, 0.2) is 36.8 Å². The van der Waals surface area contributed by atoms with E-state index in [0.29, 0.717) is 5.69 Å². The normalized spacial score (nSPS) is 9.71. The molecule has 14 heavy (non-hydrogen) atoms. The average molecular weight is 183 g/mol. The van der Waals surface area contributed by atoms with Crippen molar-refractivity contribution in [2.75, 3.05) is 0 Å². The number of benzene rings is 1. The molecular weight excluding hydrogens is 174 g/mol. The van der Waals surface area contributed by atoms with Crippen LogP contribution in [0, 0.1) is 18.3 Å². The standard InChI is InChI=1S/C11H9N3/c1-9-2-4-10(5-3-9)14-8-13-7-11(14)6-12/h2-5,7-8H,1H3. The van der Waals surface area contributed by atoms with Crippen LogP contribution in [0.4, 0.5) is 0 Å². The molecule has 3 heteroatoms. The minimum atomic E-state index is 0.550. The molecule has 0 unspecified atom stereocenters. The summed E-state index contributed by atoms with van der Waals surface area (Å²) in [6.07, 6.45) is 3.20. The van der Waals surface area contributed by atoms with Gasteiger partial charge in [0.05, 0.1) is 6.20 Å². The van der Waals surface area contributed by atoms with Gasteiger partial charge in [-0.2, -0.15) is 5.26 Å². The van der Waals surface area contributed by atoms with Gasteiger partial charge in [0, 0.05) is 5.69 Å². The van der Waals surface area contributed by atoms with Gasteiger partial charge in [-0.25, -0.2) is 4.98 Å². The maximum absolute atomic E-state index is 8.81. The van der Waals surface area contributed by atoms with Gasteiger partial charge in [-0.1, -0.05) is 17.7 Å². The van der Waals surface area contributed by atoms with Crippen molar-refractivity contribution in [3.8, 4) is 11.8 Å². The SMILES string of the molecule is Cc1ccc(-n2cncc2C#N)cc1. The molecular formula is C11H9N3. The summed E-state index contributed by atoms with van der Waals surface area (Å²) in [5.41, 5.74) is 2.71. The Morgan fingerprint density at radius 2 is 2.00 bits per heavy atom. The van der Waals surface area contributed by atoms with E-state index in [-0.39, 0.29) is 0 Å². The van der Waals surface area contributed by atoms with Gasteiger partial charge in [0.15, 0.2) is 0 Å². The molecule has 0 aliphatic carbocycles. The van der Waals surface area contributed by atoms with Crippen molar-refractivity contribution in [1.29, 1.82) is 5.26 Å². The van der Waals surface area contributed by atoms with E-state index in [9.17, 15) is 0 Å². The van der Waals surface area contributed by atoms with Crippen molar-refractivity contribution >= 4 is 0 Å². The van der Waals surface area contributed by atoms with Gasteiger partial charge in [-0.05, 0) is 19.1 Å². The third-order valence-corrected chi connectivity index (χ3v) is 2.07. The molecule has 0 aliphatic heterocycles. The third kappa shape index (κ3) is 1.38. The van der Waals surface area contributed by atoms with E-state index >= 15 is 0 Å². The summed E-state index contributed by atoms with van der Waals surface area (Å²) < 4.78 is 1.76. The molecule has 0 saturated carbocycles. The molecule has 0 amide bonds. The molecule has 0 fully saturated rings. The van der Waals surface area contributed by atoms with Crippen LogP contribution >= 0.6 is 0 Å². The third-order valence-electron chi connectivity index (χ3n) is 2.07. The second-order valence-electron chi connectivity index (χ2n) is 3.10. The summed E-state index contributed by atoms with van der Waals surface area (Å²) in [4.78, 5) is 3.93. The van der Waals surface area contributed by atoms with Gasteiger partial charge in [0.25, 0.3) is 0 Å². The monoisotopic (exact) mass is 183 g/mol. The second-order valence-corrected chi connectivity index (χ2v) is 3.10. The molecule has 3 nitrogen and oxygen atoms in total. The molecule has 0 N–H and O–H groups in total. The van der Waals surface area contributed by atoms with Crippen molar-refractivity contribution < 1.29 is 0 Å². The molecule has 1 heterocycles. The highest BCUT2D eigenvalue weighted by molar-refractivity contribution is 5.38. The summed E-state index contributed by atoms with van der Waals surface area (Å²) in [7, 11) is 0. The Hall–Kier alpha value is -2.08. The predicted octanol–water partition coefficient (Wildman–Crippen LogP) is 2.05. The Kier molecular flexibility index (Phi) is 2.04. The lowest BCUT2D eigenvalue weighted by Crippen LogP contribution is -1.94. The van der Waals surface area contributed by atoms with Crippen molar-refractivity contribution in [2.45, 2.75) is 6.92 Å². The highest BCUT2D eigenvalue weighted by Crippen LogP contribution is 2.11. The molecule has 1 aromatic heterocycles. The van der Waals surface area contributed by atoms with Crippen molar-refractivity contribution in [1.82, 2.24) is 9.55 Å². The lowest BCUT2D eigenvalue weighted by Gasteiger charge is -2.03. The lowest BCUT2D eigenvalue weighted by molar-refractivity contribution is 1.03. The predicted molar refractivity (Wildman–Crippen MR) is 53.0 cm³/mol. The van der Waals surface area contributed by atoms with Crippen LogP contribution in [0.1, 0.15) is 11.3 Å². The van der Waals surface area contributed by atoms with Gasteiger partial charge in [-0.15, -0.1) is 0 Å². The fraction of sp³-hybridized carbons (Fsp3) is 0.0909. The van der Waals surface area contributed by atoms with E-state index in [1.807, 2.05) is 31.2 Å². The van der Waals surface area contributed by atoms with Gasteiger partial charge < -0.3 is 0 Å². The van der Waals surface area contributed by atoms with Gasteiger partial charge >= 0.3 is 0 Å². The van der Waals surface area contributed by atoms with Crippen molar-refractivity contribution in [2.24, 2.45) is 0 Å². The van der Waals surface area contributed by atoms with E-state index in [1.165, 1.54) is 5.56 Å². The average Bonchev–Trinajstić information content (AvgIpc) is 2.67. The number of nitriles is 1. The number of aromatic nitrogens is 2. The largest absolute Gasteiger partial charge is 0.290 e. The number of hydrogen-bond acceptors (Lipinski definition) is 2. The smallest absolute Gasteiger partial charge is 0.144 e. The van der Waals surface area contributed by atoms with Gasteiger partial charge in [0.2, 0.25) is 0 Å². The number of imidazole rings is 1. The van der Waals surface area contributed by atoms with Crippen LogP contribution in [-0.4, -0.2) is 9.55 Å². The number of hydrogen-bond donors (Lipinski definition) is 0. The quantitative estimate of drug-likeness (QED) is 0.679. The first-order valence-electron chi connectivity index (χ1n) is 4.31. The fourth-order valence-electron chi connectivity index (χ4n) is 1.29. The molecule has 0 atom stereocenters. The lowest BCUT2D eigenvalue weighted by atomic mass is 10.2. The number of rotatable bonds is 1. The number of nitrogens with zero attached hydrogens (tertiary/aromatic N) is 3. The summed E-state index contributed by atoms with van der Waals surface area (Å²) in [6, 6.07) is 10.1. The summed E-state index contributed by atoms with van der Waals surface area (Å²) in [5, 5.41) is 8.81. The molecule has 1 aromatic carbocycles. The molecule has 2 aromatic rings. The molecule has 2 rings (SSSR count). The Morgan fingerprint density at radius 3 is 2.64 bits per heavy atom. The highest BCUT2D eigenvalue weighted by atomic mass is 15.0. The summed E-state index contributed by atoms with van der Waals surface area (Å²) in [6.45, 7) is 2.03. The molecule has 0 spiro atoms. The molecule has 0 saturated heterocycles. The second kappa shape index (κ2) is 3.35. The molecule has 0 radical (unpaired) electrons. The zero-order valence-electron chi connectivity index (χ0n) is 7.81. The van der Waals surface area contributed by atoms with Crippen LogP contribution in [0.3, 0.4) is 0 Å². The van der Waals surface area contributed by atoms with Crippen molar-refractivity contribution in [3.05, 3.63) is 48.0 Å². The van der Waals surface area contributed by atoms with E-state index in [2.05, 4.69) is 11.1 Å². The minimum absolute atomic E-state index is 0.550. The van der Waals surface area contributed by atoms with Gasteiger partial charge in [0.1, 0.15) is 18.1 Å². The maximum atomic E-state index is 8.81. The molecule has 0 aliphatic rings. The van der Waals surface area contributed by atoms with Gasteiger partial charge in [-0.3, -0.25) is 4.57 Å². The van der Waals surface area contributed by atoms with E-state index in [0.717, 1.165) is 5.69 Å². The van der Waals surface area contributed by atoms with E-state index < -0.39 is 0 Å². The molecule has 0 bridgehead atoms. The van der Waals surface area contributed by atoms with Crippen LogP contribution < -0.4 is 0 Å². The maximum Gasteiger partial charge on any atom is 0.144 e. The summed E-state index contributed by atoms with van der Waals surface area (Å²) in [5.74, 6) is 0. The Morgan fingerprint density at radius 1 is 1.29 bits per heavy atom. The van der Waals surface area contributed by atoms with Crippen LogP contribution in [0.25, 0.3) is 5.69 Å². The number of aryl methyl sites for hydroxylation is 1. The van der Waals surface area contributed by atoms with Crippen molar-refractivity contribution in [3.63, 3.8) is 0 Å². The first-order chi connectivity index (χ1) is 6.81. The first-order valence-corrected chi connectivity index (χ1v) is 4.31. The zero-order valence-corrected chi connectivity index (χ0v) is 7.81. The Labute approximate surface area is 82.2 Å². The fourth-order valence-corrected chi connectivity index (χ4v) is 1.29. The molecule has 68 valence electrons. The summed E-state index contributed by atoms with van der Waals surface area (Å²) >= 11 is 0.